The summed E-state index contributed by atoms with van der Waals surface area (Å²) in [5.41, 5.74) is 0.670. The Morgan fingerprint density at radius 2 is 2.19 bits per heavy atom. The fourth-order valence-electron chi connectivity index (χ4n) is 1.93. The van der Waals surface area contributed by atoms with Crippen LogP contribution in [-0.2, 0) is 16.6 Å². The Morgan fingerprint density at radius 1 is 1.43 bits per heavy atom. The van der Waals surface area contributed by atoms with Gasteiger partial charge in [-0.05, 0) is 43.5 Å². The largest absolute Gasteiger partial charge is 0.483 e. The number of ether oxygens (including phenoxy) is 1. The molecule has 0 spiro atoms. The van der Waals surface area contributed by atoms with Crippen molar-refractivity contribution in [3.05, 3.63) is 35.5 Å². The second-order valence-electron chi connectivity index (χ2n) is 5.08. The van der Waals surface area contributed by atoms with Crippen molar-refractivity contribution in [3.8, 4) is 5.75 Å². The molecule has 0 bridgehead atoms. The molecule has 1 aromatic heterocycles. The molecule has 21 heavy (non-hydrogen) atoms. The molecule has 2 N–H and O–H groups in total. The Kier molecular flexibility index (Phi) is 3.42. The van der Waals surface area contributed by atoms with E-state index in [-0.39, 0.29) is 11.5 Å². The second-order valence-corrected chi connectivity index (χ2v) is 6.64. The van der Waals surface area contributed by atoms with Crippen LogP contribution in [0.15, 0.2) is 27.6 Å². The number of sulfonamides is 1. The molecular formula is C13H15N3O4S. The Bertz CT molecular complexity index is 765. The third kappa shape index (κ3) is 3.22. The van der Waals surface area contributed by atoms with Gasteiger partial charge in [0.25, 0.3) is 5.89 Å². The first-order valence-electron chi connectivity index (χ1n) is 6.52. The van der Waals surface area contributed by atoms with Crippen molar-refractivity contribution in [2.45, 2.75) is 37.2 Å². The molecule has 0 radical (unpaired) electrons. The van der Waals surface area contributed by atoms with Gasteiger partial charge in [0, 0.05) is 5.92 Å². The van der Waals surface area contributed by atoms with Crippen LogP contribution in [-0.4, -0.2) is 18.6 Å². The first-order chi connectivity index (χ1) is 9.93. The maximum Gasteiger partial charge on any atom is 0.264 e. The SMILES string of the molecule is Cc1cc(S(N)(=O)=O)ccc1OCc1nc(C2CC2)no1. The summed E-state index contributed by atoms with van der Waals surface area (Å²) in [7, 11) is -3.70. The fourth-order valence-corrected chi connectivity index (χ4v) is 2.53. The smallest absolute Gasteiger partial charge is 0.264 e. The van der Waals surface area contributed by atoms with E-state index in [0.29, 0.717) is 23.1 Å². The fraction of sp³-hybridized carbons (Fsp3) is 0.385. The average molecular weight is 309 g/mol. The molecule has 3 rings (SSSR count). The lowest BCUT2D eigenvalue weighted by Gasteiger charge is -2.08. The highest BCUT2D eigenvalue weighted by Gasteiger charge is 2.28. The van der Waals surface area contributed by atoms with Crippen LogP contribution in [0.3, 0.4) is 0 Å². The van der Waals surface area contributed by atoms with Gasteiger partial charge in [-0.2, -0.15) is 4.98 Å². The maximum atomic E-state index is 11.3. The third-order valence-corrected chi connectivity index (χ3v) is 4.16. The van der Waals surface area contributed by atoms with Crippen molar-refractivity contribution < 1.29 is 17.7 Å². The zero-order chi connectivity index (χ0) is 15.0. The quantitative estimate of drug-likeness (QED) is 0.896. The van der Waals surface area contributed by atoms with E-state index in [4.69, 9.17) is 14.4 Å². The topological polar surface area (TPSA) is 108 Å². The van der Waals surface area contributed by atoms with E-state index in [1.807, 2.05) is 0 Å². The first-order valence-corrected chi connectivity index (χ1v) is 8.07. The summed E-state index contributed by atoms with van der Waals surface area (Å²) in [6.07, 6.45) is 2.21. The molecule has 1 aromatic carbocycles. The molecule has 8 heteroatoms. The number of hydrogen-bond acceptors (Lipinski definition) is 6. The molecule has 1 aliphatic rings. The molecule has 0 saturated heterocycles. The summed E-state index contributed by atoms with van der Waals surface area (Å²) in [6, 6.07) is 4.43. The number of rotatable bonds is 5. The summed E-state index contributed by atoms with van der Waals surface area (Å²) >= 11 is 0. The van der Waals surface area contributed by atoms with E-state index in [1.54, 1.807) is 13.0 Å². The lowest BCUT2D eigenvalue weighted by Crippen LogP contribution is -2.12. The number of nitrogens with zero attached hydrogens (tertiary/aromatic N) is 2. The standard InChI is InChI=1S/C13H15N3O4S/c1-8-6-10(21(14,17)18)4-5-11(8)19-7-12-15-13(16-20-12)9-2-3-9/h4-6,9H,2-3,7H2,1H3,(H2,14,17,18). The lowest BCUT2D eigenvalue weighted by atomic mass is 10.2. The molecular weight excluding hydrogens is 294 g/mol. The number of benzene rings is 1. The summed E-state index contributed by atoms with van der Waals surface area (Å²) < 4.78 is 33.2. The molecule has 1 saturated carbocycles. The van der Waals surface area contributed by atoms with E-state index in [2.05, 4.69) is 10.1 Å². The Hall–Kier alpha value is -1.93. The normalized spacial score (nSPS) is 15.1. The zero-order valence-electron chi connectivity index (χ0n) is 11.4. The van der Waals surface area contributed by atoms with Crippen LogP contribution in [0, 0.1) is 6.92 Å². The molecule has 1 fully saturated rings. The van der Waals surface area contributed by atoms with Crippen LogP contribution in [0.4, 0.5) is 0 Å². The van der Waals surface area contributed by atoms with Crippen LogP contribution in [0.2, 0.25) is 0 Å². The third-order valence-electron chi connectivity index (χ3n) is 3.25. The van der Waals surface area contributed by atoms with Gasteiger partial charge in [-0.25, -0.2) is 13.6 Å². The highest BCUT2D eigenvalue weighted by Crippen LogP contribution is 2.38. The number of aromatic nitrogens is 2. The maximum absolute atomic E-state index is 11.3. The van der Waals surface area contributed by atoms with Crippen molar-refractivity contribution in [3.63, 3.8) is 0 Å². The Labute approximate surface area is 122 Å². The highest BCUT2D eigenvalue weighted by molar-refractivity contribution is 7.89. The van der Waals surface area contributed by atoms with Crippen molar-refractivity contribution in [2.75, 3.05) is 0 Å². The second kappa shape index (κ2) is 5.12. The molecule has 1 heterocycles. The molecule has 0 aliphatic heterocycles. The van der Waals surface area contributed by atoms with Crippen LogP contribution in [0.5, 0.6) is 5.75 Å². The lowest BCUT2D eigenvalue weighted by molar-refractivity contribution is 0.241. The van der Waals surface area contributed by atoms with Gasteiger partial charge in [0.05, 0.1) is 4.90 Å². The van der Waals surface area contributed by atoms with E-state index >= 15 is 0 Å². The minimum absolute atomic E-state index is 0.0566. The van der Waals surface area contributed by atoms with Crippen molar-refractivity contribution in [1.82, 2.24) is 10.1 Å². The highest BCUT2D eigenvalue weighted by atomic mass is 32.2. The summed E-state index contributed by atoms with van der Waals surface area (Å²) in [5, 5.41) is 8.97. The minimum Gasteiger partial charge on any atom is -0.483 e. The van der Waals surface area contributed by atoms with Crippen LogP contribution in [0.1, 0.15) is 36.0 Å². The number of primary sulfonamides is 1. The molecule has 7 nitrogen and oxygen atoms in total. The Balaban J connectivity index is 1.69. The van der Waals surface area contributed by atoms with E-state index in [0.717, 1.165) is 18.7 Å². The van der Waals surface area contributed by atoms with Gasteiger partial charge in [-0.15, -0.1) is 0 Å². The molecule has 0 amide bonds. The first kappa shape index (κ1) is 14.0. The van der Waals surface area contributed by atoms with E-state index in [1.165, 1.54) is 12.1 Å². The molecule has 0 atom stereocenters. The van der Waals surface area contributed by atoms with Gasteiger partial charge in [-0.3, -0.25) is 0 Å². The van der Waals surface area contributed by atoms with Gasteiger partial charge >= 0.3 is 0 Å². The van der Waals surface area contributed by atoms with Crippen LogP contribution < -0.4 is 9.88 Å². The number of hydrogen-bond donors (Lipinski definition) is 1. The molecule has 112 valence electrons. The Morgan fingerprint density at radius 3 is 2.81 bits per heavy atom. The summed E-state index contributed by atoms with van der Waals surface area (Å²) in [6.45, 7) is 1.89. The van der Waals surface area contributed by atoms with Gasteiger partial charge in [0.1, 0.15) is 5.75 Å². The summed E-state index contributed by atoms with van der Waals surface area (Å²) in [4.78, 5) is 4.31. The predicted octanol–water partition coefficient (Wildman–Crippen LogP) is 1.48. The summed E-state index contributed by atoms with van der Waals surface area (Å²) in [5.74, 6) is 2.12. The van der Waals surface area contributed by atoms with Gasteiger partial charge in [0.2, 0.25) is 10.0 Å². The number of nitrogens with two attached hydrogens (primary N) is 1. The van der Waals surface area contributed by atoms with E-state index < -0.39 is 10.0 Å². The monoisotopic (exact) mass is 309 g/mol. The van der Waals surface area contributed by atoms with Gasteiger partial charge in [0.15, 0.2) is 12.4 Å². The van der Waals surface area contributed by atoms with E-state index in [9.17, 15) is 8.42 Å². The minimum atomic E-state index is -3.70. The van der Waals surface area contributed by atoms with Crippen molar-refractivity contribution >= 4 is 10.0 Å². The zero-order valence-corrected chi connectivity index (χ0v) is 12.3. The van der Waals surface area contributed by atoms with Crippen LogP contribution >= 0.6 is 0 Å². The van der Waals surface area contributed by atoms with Gasteiger partial charge in [-0.1, -0.05) is 5.16 Å². The average Bonchev–Trinajstić information content (AvgIpc) is 3.16. The van der Waals surface area contributed by atoms with Gasteiger partial charge < -0.3 is 9.26 Å². The van der Waals surface area contributed by atoms with Crippen LogP contribution in [0.25, 0.3) is 0 Å². The predicted molar refractivity (Wildman–Crippen MR) is 73.2 cm³/mol. The van der Waals surface area contributed by atoms with Crippen molar-refractivity contribution in [2.24, 2.45) is 5.14 Å². The van der Waals surface area contributed by atoms with Crippen molar-refractivity contribution in [1.29, 1.82) is 0 Å². The number of aryl methyl sites for hydroxylation is 1. The molecule has 1 aliphatic carbocycles. The molecule has 0 unspecified atom stereocenters. The molecule has 2 aromatic rings.